The summed E-state index contributed by atoms with van der Waals surface area (Å²) in [6.07, 6.45) is 8.04. The first kappa shape index (κ1) is 9.89. The van der Waals surface area contributed by atoms with Gasteiger partial charge in [0.05, 0.1) is 18.9 Å². The van der Waals surface area contributed by atoms with Crippen molar-refractivity contribution < 1.29 is 9.53 Å². The summed E-state index contributed by atoms with van der Waals surface area (Å²) in [4.78, 5) is 14.7. The maximum atomic E-state index is 12.5. The van der Waals surface area contributed by atoms with Gasteiger partial charge < -0.3 is 9.64 Å². The van der Waals surface area contributed by atoms with Gasteiger partial charge in [-0.3, -0.25) is 4.79 Å². The van der Waals surface area contributed by atoms with Crippen LogP contribution in [0.3, 0.4) is 0 Å². The van der Waals surface area contributed by atoms with E-state index >= 15 is 0 Å². The number of Topliss-reactive ketones (excluding diaryl/α,β-unsaturated/α-hetero) is 1. The Morgan fingerprint density at radius 3 is 2.71 bits per heavy atom. The van der Waals surface area contributed by atoms with Crippen molar-refractivity contribution in [1.29, 1.82) is 0 Å². The molecule has 0 radical (unpaired) electrons. The quantitative estimate of drug-likeness (QED) is 0.636. The van der Waals surface area contributed by atoms with E-state index in [1.807, 2.05) is 0 Å². The second kappa shape index (κ2) is 3.45. The van der Waals surface area contributed by atoms with E-state index in [0.717, 1.165) is 32.0 Å². The molecule has 3 nitrogen and oxygen atoms in total. The molecule has 1 heterocycles. The first-order chi connectivity index (χ1) is 8.34. The zero-order valence-electron chi connectivity index (χ0n) is 9.84. The number of carbonyl (C=O) groups excluding carboxylic acids is 1. The highest BCUT2D eigenvalue weighted by Gasteiger charge is 2.52. The van der Waals surface area contributed by atoms with Crippen LogP contribution in [0, 0.1) is 23.7 Å². The van der Waals surface area contributed by atoms with E-state index in [0.29, 0.717) is 23.5 Å². The topological polar surface area (TPSA) is 29.5 Å². The fraction of sp³-hybridized carbons (Fsp3) is 0.643. The van der Waals surface area contributed by atoms with E-state index in [4.69, 9.17) is 4.74 Å². The summed E-state index contributed by atoms with van der Waals surface area (Å²) >= 11 is 0. The number of hydrogen-bond acceptors (Lipinski definition) is 3. The number of fused-ring (bicyclic) bond motifs is 5. The van der Waals surface area contributed by atoms with E-state index in [2.05, 4.69) is 23.1 Å². The van der Waals surface area contributed by atoms with Crippen molar-refractivity contribution in [2.75, 3.05) is 26.3 Å². The van der Waals surface area contributed by atoms with Gasteiger partial charge in [-0.05, 0) is 24.2 Å². The fourth-order valence-electron chi connectivity index (χ4n) is 3.96. The Morgan fingerprint density at radius 1 is 1.18 bits per heavy atom. The predicted octanol–water partition coefficient (Wildman–Crippen LogP) is 1.22. The van der Waals surface area contributed by atoms with Gasteiger partial charge in [-0.25, -0.2) is 0 Å². The molecule has 4 aliphatic rings. The highest BCUT2D eigenvalue weighted by atomic mass is 16.5. The van der Waals surface area contributed by atoms with Crippen LogP contribution >= 0.6 is 0 Å². The minimum absolute atomic E-state index is 0.267. The van der Waals surface area contributed by atoms with Crippen molar-refractivity contribution in [3.05, 3.63) is 23.9 Å². The zero-order chi connectivity index (χ0) is 11.4. The van der Waals surface area contributed by atoms with Crippen LogP contribution in [0.2, 0.25) is 0 Å². The minimum atomic E-state index is 0.267. The zero-order valence-corrected chi connectivity index (χ0v) is 9.84. The van der Waals surface area contributed by atoms with Crippen molar-refractivity contribution in [3.63, 3.8) is 0 Å². The van der Waals surface area contributed by atoms with Gasteiger partial charge in [0, 0.05) is 19.0 Å². The molecule has 0 aromatic carbocycles. The maximum absolute atomic E-state index is 12.5. The molecule has 0 spiro atoms. The van der Waals surface area contributed by atoms with Gasteiger partial charge in [0.2, 0.25) is 0 Å². The van der Waals surface area contributed by atoms with Gasteiger partial charge >= 0.3 is 0 Å². The highest BCUT2D eigenvalue weighted by molar-refractivity contribution is 6.00. The number of nitrogens with zero attached hydrogens (tertiary/aromatic N) is 1. The van der Waals surface area contributed by atoms with E-state index < -0.39 is 0 Å². The lowest BCUT2D eigenvalue weighted by Gasteiger charge is -2.29. The maximum Gasteiger partial charge on any atom is 0.182 e. The number of ether oxygens (including phenoxy) is 1. The molecule has 0 aromatic rings. The Balaban J connectivity index is 1.62. The third kappa shape index (κ3) is 1.29. The highest BCUT2D eigenvalue weighted by Crippen LogP contribution is 2.53. The Kier molecular flexibility index (Phi) is 2.01. The molecule has 1 aliphatic heterocycles. The first-order valence-electron chi connectivity index (χ1n) is 6.61. The van der Waals surface area contributed by atoms with Crippen LogP contribution in [0.5, 0.6) is 0 Å². The third-order valence-corrected chi connectivity index (χ3v) is 4.78. The van der Waals surface area contributed by atoms with Crippen molar-refractivity contribution in [1.82, 2.24) is 4.90 Å². The number of rotatable bonds is 1. The molecule has 2 bridgehead atoms. The van der Waals surface area contributed by atoms with Gasteiger partial charge in [-0.2, -0.15) is 0 Å². The second-order valence-electron chi connectivity index (χ2n) is 5.57. The van der Waals surface area contributed by atoms with E-state index in [9.17, 15) is 4.79 Å². The molecule has 2 fully saturated rings. The van der Waals surface area contributed by atoms with Crippen molar-refractivity contribution >= 4 is 5.78 Å². The molecule has 4 atom stereocenters. The van der Waals surface area contributed by atoms with Gasteiger partial charge in [0.25, 0.3) is 0 Å². The van der Waals surface area contributed by atoms with Crippen LogP contribution < -0.4 is 0 Å². The van der Waals surface area contributed by atoms with Crippen LogP contribution in [0.1, 0.15) is 6.42 Å². The third-order valence-electron chi connectivity index (χ3n) is 4.78. The van der Waals surface area contributed by atoms with Crippen LogP contribution in [0.4, 0.5) is 0 Å². The molecular weight excluding hydrogens is 214 g/mol. The Morgan fingerprint density at radius 2 is 1.94 bits per heavy atom. The smallest absolute Gasteiger partial charge is 0.182 e. The van der Waals surface area contributed by atoms with Crippen LogP contribution in [0.25, 0.3) is 0 Å². The SMILES string of the molecule is O=C1C(N2CCOCC2)=CC2C3C=CC(C3)C12. The Bertz CT molecular complexity index is 420. The number of morpholine rings is 1. The Hall–Kier alpha value is -1.09. The monoisotopic (exact) mass is 231 g/mol. The summed E-state index contributed by atoms with van der Waals surface area (Å²) < 4.78 is 5.35. The molecule has 0 amide bonds. The normalized spacial score (nSPS) is 43.2. The lowest BCUT2D eigenvalue weighted by molar-refractivity contribution is -0.121. The standard InChI is InChI=1S/C14H17NO2/c16-14-12(15-3-5-17-6-4-15)8-11-9-1-2-10(7-9)13(11)14/h1-2,8-11,13H,3-7H2. The lowest BCUT2D eigenvalue weighted by atomic mass is 9.85. The van der Waals surface area contributed by atoms with Crippen LogP contribution in [0.15, 0.2) is 23.9 Å². The molecule has 4 unspecified atom stereocenters. The lowest BCUT2D eigenvalue weighted by Crippen LogP contribution is -2.38. The molecule has 0 N–H and O–H groups in total. The van der Waals surface area contributed by atoms with Crippen LogP contribution in [-0.4, -0.2) is 37.0 Å². The minimum Gasteiger partial charge on any atom is -0.378 e. The largest absolute Gasteiger partial charge is 0.378 e. The number of hydrogen-bond donors (Lipinski definition) is 0. The number of ketones is 1. The van der Waals surface area contributed by atoms with Gasteiger partial charge in [-0.15, -0.1) is 0 Å². The molecule has 4 rings (SSSR count). The summed E-state index contributed by atoms with van der Waals surface area (Å²) in [5.41, 5.74) is 0.988. The van der Waals surface area contributed by atoms with Gasteiger partial charge in [-0.1, -0.05) is 18.2 Å². The summed E-state index contributed by atoms with van der Waals surface area (Å²) in [7, 11) is 0. The van der Waals surface area contributed by atoms with Crippen LogP contribution in [-0.2, 0) is 9.53 Å². The van der Waals surface area contributed by atoms with E-state index in [-0.39, 0.29) is 5.92 Å². The fourth-order valence-corrected chi connectivity index (χ4v) is 3.96. The van der Waals surface area contributed by atoms with Crippen molar-refractivity contribution in [2.45, 2.75) is 6.42 Å². The summed E-state index contributed by atoms with van der Waals surface area (Å²) in [5, 5.41) is 0. The van der Waals surface area contributed by atoms with Crippen molar-refractivity contribution in [3.8, 4) is 0 Å². The Labute approximate surface area is 101 Å². The molecule has 3 aliphatic carbocycles. The van der Waals surface area contributed by atoms with E-state index in [1.165, 1.54) is 6.42 Å². The average Bonchev–Trinajstić information content (AvgIpc) is 3.03. The molecule has 1 saturated heterocycles. The molecule has 1 saturated carbocycles. The van der Waals surface area contributed by atoms with Gasteiger partial charge in [0.15, 0.2) is 5.78 Å². The number of allylic oxidation sites excluding steroid dienone is 4. The molecular formula is C14H17NO2. The van der Waals surface area contributed by atoms with Gasteiger partial charge in [0.1, 0.15) is 0 Å². The summed E-state index contributed by atoms with van der Waals surface area (Å²) in [5.74, 6) is 2.31. The summed E-state index contributed by atoms with van der Waals surface area (Å²) in [6.45, 7) is 3.26. The second-order valence-corrected chi connectivity index (χ2v) is 5.57. The van der Waals surface area contributed by atoms with Crippen molar-refractivity contribution in [2.24, 2.45) is 23.7 Å². The molecule has 90 valence electrons. The molecule has 0 aromatic heterocycles. The number of carbonyl (C=O) groups is 1. The average molecular weight is 231 g/mol. The van der Waals surface area contributed by atoms with E-state index in [1.54, 1.807) is 0 Å². The molecule has 3 heteroatoms. The first-order valence-corrected chi connectivity index (χ1v) is 6.61. The predicted molar refractivity (Wildman–Crippen MR) is 63.2 cm³/mol. The summed E-state index contributed by atoms with van der Waals surface area (Å²) in [6, 6.07) is 0. The molecule has 17 heavy (non-hydrogen) atoms.